The molecule has 0 saturated heterocycles. The van der Waals surface area contributed by atoms with Crippen molar-refractivity contribution in [1.82, 2.24) is 0 Å². The number of hydrogen-bond donors (Lipinski definition) is 2. The van der Waals surface area contributed by atoms with Crippen LogP contribution in [0.1, 0.15) is 5.56 Å². The van der Waals surface area contributed by atoms with Crippen molar-refractivity contribution in [3.05, 3.63) is 41.1 Å². The highest BCUT2D eigenvalue weighted by atomic mass is 35.5. The van der Waals surface area contributed by atoms with Crippen LogP contribution in [0.3, 0.4) is 0 Å². The normalized spacial score (nSPS) is 10.4. The molecule has 0 unspecified atom stereocenters. The second-order valence-corrected chi connectivity index (χ2v) is 2.76. The van der Waals surface area contributed by atoms with Gasteiger partial charge in [-0.2, -0.15) is 0 Å². The fraction of sp³-hybridized carbons (Fsp3) is 0. The van der Waals surface area contributed by atoms with Crippen LogP contribution in [0.25, 0.3) is 6.08 Å². The van der Waals surface area contributed by atoms with E-state index >= 15 is 0 Å². The zero-order valence-corrected chi connectivity index (χ0v) is 7.48. The fourth-order valence-electron chi connectivity index (χ4n) is 0.798. The summed E-state index contributed by atoms with van der Waals surface area (Å²) in [5.41, 5.74) is 0.827. The zero-order chi connectivity index (χ0) is 9.68. The molecule has 0 spiro atoms. The van der Waals surface area contributed by atoms with Crippen molar-refractivity contribution in [3.63, 3.8) is 0 Å². The molecule has 3 nitrogen and oxygen atoms in total. The van der Waals surface area contributed by atoms with E-state index in [0.717, 1.165) is 5.56 Å². The molecule has 2 N–H and O–H groups in total. The topological polar surface area (TPSA) is 49.7 Å². The summed E-state index contributed by atoms with van der Waals surface area (Å²) in [6, 6.07) is 7.08. The van der Waals surface area contributed by atoms with Gasteiger partial charge in [0.2, 0.25) is 0 Å². The lowest BCUT2D eigenvalue weighted by molar-refractivity contribution is 0.258. The van der Waals surface area contributed by atoms with Gasteiger partial charge in [0, 0.05) is 5.02 Å². The first-order chi connectivity index (χ1) is 6.18. The van der Waals surface area contributed by atoms with E-state index in [9.17, 15) is 0 Å². The average Bonchev–Trinajstić information content (AvgIpc) is 2.03. The molecule has 0 saturated carbocycles. The first-order valence-electron chi connectivity index (χ1n) is 3.62. The van der Waals surface area contributed by atoms with E-state index < -0.39 is 7.32 Å². The van der Waals surface area contributed by atoms with Crippen LogP contribution in [0.5, 0.6) is 0 Å². The van der Waals surface area contributed by atoms with E-state index in [1.54, 1.807) is 24.3 Å². The second kappa shape index (κ2) is 4.92. The van der Waals surface area contributed by atoms with Crippen molar-refractivity contribution in [2.24, 2.45) is 0 Å². The Balaban J connectivity index is 2.58. The lowest BCUT2D eigenvalue weighted by atomic mass is 10.2. The summed E-state index contributed by atoms with van der Waals surface area (Å²) >= 11 is 5.71. The van der Waals surface area contributed by atoms with Gasteiger partial charge in [-0.05, 0) is 23.8 Å². The molecular weight excluding hydrogens is 190 g/mol. The molecule has 0 amide bonds. The number of halogens is 1. The Morgan fingerprint density at radius 1 is 1.38 bits per heavy atom. The molecule has 13 heavy (non-hydrogen) atoms. The van der Waals surface area contributed by atoms with Gasteiger partial charge in [0.05, 0.1) is 6.26 Å². The van der Waals surface area contributed by atoms with E-state index in [1.807, 2.05) is 6.07 Å². The molecule has 0 atom stereocenters. The van der Waals surface area contributed by atoms with Crippen LogP contribution in [0.4, 0.5) is 0 Å². The van der Waals surface area contributed by atoms with Crippen LogP contribution in [-0.2, 0) is 4.65 Å². The minimum absolute atomic E-state index is 0.617. The monoisotopic (exact) mass is 198 g/mol. The van der Waals surface area contributed by atoms with Gasteiger partial charge in [0.25, 0.3) is 0 Å². The van der Waals surface area contributed by atoms with Gasteiger partial charge in [-0.25, -0.2) is 0 Å². The van der Waals surface area contributed by atoms with Gasteiger partial charge in [-0.1, -0.05) is 23.7 Å². The van der Waals surface area contributed by atoms with E-state index in [4.69, 9.17) is 21.6 Å². The maximum atomic E-state index is 8.34. The van der Waals surface area contributed by atoms with Crippen molar-refractivity contribution >= 4 is 25.0 Å². The van der Waals surface area contributed by atoms with Crippen LogP contribution in [0.2, 0.25) is 5.02 Å². The molecule has 0 heterocycles. The summed E-state index contributed by atoms with van der Waals surface area (Å²) in [7, 11) is -1.78. The standard InChI is InChI=1S/C8H8BClO3/c10-8-3-1-2-7(6-8)4-5-13-9(11)12/h1-6,11-12H. The number of benzene rings is 1. The summed E-state index contributed by atoms with van der Waals surface area (Å²) in [6.07, 6.45) is 2.77. The summed E-state index contributed by atoms with van der Waals surface area (Å²) in [6.45, 7) is 0. The van der Waals surface area contributed by atoms with Crippen molar-refractivity contribution in [2.75, 3.05) is 0 Å². The maximum absolute atomic E-state index is 8.34. The van der Waals surface area contributed by atoms with Gasteiger partial charge in [-0.3, -0.25) is 0 Å². The molecule has 68 valence electrons. The largest absolute Gasteiger partial charge is 0.707 e. The van der Waals surface area contributed by atoms with Crippen molar-refractivity contribution in [1.29, 1.82) is 0 Å². The van der Waals surface area contributed by atoms with E-state index in [1.165, 1.54) is 6.26 Å². The highest BCUT2D eigenvalue weighted by Crippen LogP contribution is 2.11. The van der Waals surface area contributed by atoms with E-state index in [-0.39, 0.29) is 0 Å². The summed E-state index contributed by atoms with van der Waals surface area (Å²) in [5, 5.41) is 17.3. The smallest absolute Gasteiger partial charge is 0.518 e. The van der Waals surface area contributed by atoms with Crippen LogP contribution in [0, 0.1) is 0 Å². The molecule has 0 aliphatic rings. The molecule has 0 bridgehead atoms. The van der Waals surface area contributed by atoms with Gasteiger partial charge >= 0.3 is 7.32 Å². The Bertz CT molecular complexity index is 301. The Labute approximate surface area is 81.4 Å². The number of hydrogen-bond acceptors (Lipinski definition) is 3. The van der Waals surface area contributed by atoms with Crippen LogP contribution in [-0.4, -0.2) is 17.4 Å². The summed E-state index contributed by atoms with van der Waals surface area (Å²) in [5.74, 6) is 0. The minimum atomic E-state index is -1.78. The third-order valence-electron chi connectivity index (χ3n) is 1.31. The lowest BCUT2D eigenvalue weighted by Gasteiger charge is -1.96. The highest BCUT2D eigenvalue weighted by molar-refractivity contribution is 6.33. The molecule has 1 rings (SSSR count). The van der Waals surface area contributed by atoms with Crippen LogP contribution < -0.4 is 0 Å². The third kappa shape index (κ3) is 3.98. The van der Waals surface area contributed by atoms with Gasteiger partial charge in [-0.15, -0.1) is 0 Å². The SMILES string of the molecule is OB(O)OC=Cc1cccc(Cl)c1. The molecule has 1 aromatic rings. The Morgan fingerprint density at radius 3 is 2.77 bits per heavy atom. The van der Waals surface area contributed by atoms with Gasteiger partial charge in [0.15, 0.2) is 0 Å². The average molecular weight is 198 g/mol. The maximum Gasteiger partial charge on any atom is 0.707 e. The number of rotatable bonds is 3. The van der Waals surface area contributed by atoms with Crippen molar-refractivity contribution in [2.45, 2.75) is 0 Å². The molecular formula is C8H8BClO3. The molecule has 0 radical (unpaired) electrons. The Morgan fingerprint density at radius 2 is 2.15 bits per heavy atom. The molecule has 5 heteroatoms. The quantitative estimate of drug-likeness (QED) is 0.568. The van der Waals surface area contributed by atoms with Gasteiger partial charge < -0.3 is 14.7 Å². The lowest BCUT2D eigenvalue weighted by Crippen LogP contribution is -2.12. The second-order valence-electron chi connectivity index (χ2n) is 2.32. The van der Waals surface area contributed by atoms with Crippen LogP contribution in [0.15, 0.2) is 30.5 Å². The summed E-state index contributed by atoms with van der Waals surface area (Å²) < 4.78 is 4.37. The molecule has 0 fully saturated rings. The Hall–Kier alpha value is -0.965. The zero-order valence-electron chi connectivity index (χ0n) is 6.72. The van der Waals surface area contributed by atoms with E-state index in [2.05, 4.69) is 4.65 Å². The third-order valence-corrected chi connectivity index (χ3v) is 1.54. The molecule has 1 aromatic carbocycles. The van der Waals surface area contributed by atoms with Gasteiger partial charge in [0.1, 0.15) is 0 Å². The predicted molar refractivity (Wildman–Crippen MR) is 51.8 cm³/mol. The van der Waals surface area contributed by atoms with Crippen LogP contribution >= 0.6 is 11.6 Å². The molecule has 0 aliphatic carbocycles. The van der Waals surface area contributed by atoms with Crippen molar-refractivity contribution in [3.8, 4) is 0 Å². The first kappa shape index (κ1) is 10.1. The summed E-state index contributed by atoms with van der Waals surface area (Å²) in [4.78, 5) is 0. The molecule has 0 aromatic heterocycles. The first-order valence-corrected chi connectivity index (χ1v) is 4.00. The van der Waals surface area contributed by atoms with Crippen molar-refractivity contribution < 1.29 is 14.7 Å². The fourth-order valence-corrected chi connectivity index (χ4v) is 0.997. The van der Waals surface area contributed by atoms with E-state index in [0.29, 0.717) is 5.02 Å². The predicted octanol–water partition coefficient (Wildman–Crippen LogP) is 1.30. The highest BCUT2D eigenvalue weighted by Gasteiger charge is 2.05. The Kier molecular flexibility index (Phi) is 3.83. The molecule has 0 aliphatic heterocycles. The minimum Gasteiger partial charge on any atom is -0.518 e.